The van der Waals surface area contributed by atoms with E-state index in [9.17, 15) is 4.79 Å². The van der Waals surface area contributed by atoms with Crippen LogP contribution in [0.5, 0.6) is 0 Å². The average Bonchev–Trinajstić information content (AvgIpc) is 3.16. The van der Waals surface area contributed by atoms with E-state index in [0.29, 0.717) is 19.4 Å². The van der Waals surface area contributed by atoms with Gasteiger partial charge in [-0.2, -0.15) is 0 Å². The minimum absolute atomic E-state index is 0.0495. The summed E-state index contributed by atoms with van der Waals surface area (Å²) in [5.74, 6) is 0.974. The average molecular weight is 361 g/mol. The molecule has 0 aliphatic carbocycles. The van der Waals surface area contributed by atoms with E-state index in [1.165, 1.54) is 19.3 Å². The largest absolute Gasteiger partial charge is 0.468 e. The maximum absolute atomic E-state index is 12.3. The van der Waals surface area contributed by atoms with Gasteiger partial charge < -0.3 is 9.73 Å². The van der Waals surface area contributed by atoms with E-state index in [0.717, 1.165) is 29.4 Å². The van der Waals surface area contributed by atoms with Crippen molar-refractivity contribution < 1.29 is 9.21 Å². The fourth-order valence-electron chi connectivity index (χ4n) is 3.37. The van der Waals surface area contributed by atoms with Gasteiger partial charge >= 0.3 is 0 Å². The van der Waals surface area contributed by atoms with Gasteiger partial charge in [0.1, 0.15) is 5.76 Å². The molecule has 0 spiro atoms. The molecule has 1 amide bonds. The number of amides is 1. The molecule has 0 bridgehead atoms. The molecule has 2 aromatic rings. The minimum atomic E-state index is 0.0495. The number of hydrogen-bond donors (Lipinski definition) is 1. The fraction of sp³-hybridized carbons (Fsp3) is 0.450. The maximum atomic E-state index is 12.3. The van der Waals surface area contributed by atoms with Gasteiger partial charge in [0.25, 0.3) is 0 Å². The zero-order valence-corrected chi connectivity index (χ0v) is 15.2. The Labute approximate surface area is 154 Å². The quantitative estimate of drug-likeness (QED) is 0.804. The van der Waals surface area contributed by atoms with E-state index >= 15 is 0 Å². The Morgan fingerprint density at radius 1 is 1.16 bits per heavy atom. The first kappa shape index (κ1) is 18.0. The molecule has 0 saturated carbocycles. The normalized spacial score (nSPS) is 16.5. The first-order chi connectivity index (χ1) is 12.2. The van der Waals surface area contributed by atoms with Crippen molar-refractivity contribution in [1.82, 2.24) is 10.2 Å². The molecule has 1 saturated heterocycles. The number of piperidine rings is 1. The van der Waals surface area contributed by atoms with Crippen LogP contribution in [0.1, 0.15) is 43.0 Å². The lowest BCUT2D eigenvalue weighted by molar-refractivity contribution is -0.121. The van der Waals surface area contributed by atoms with E-state index in [1.54, 1.807) is 6.26 Å². The highest BCUT2D eigenvalue weighted by Gasteiger charge is 2.24. The monoisotopic (exact) mass is 360 g/mol. The van der Waals surface area contributed by atoms with Crippen molar-refractivity contribution in [2.24, 2.45) is 0 Å². The number of halogens is 1. The zero-order valence-electron chi connectivity index (χ0n) is 14.4. The third kappa shape index (κ3) is 5.10. The second-order valence-corrected chi connectivity index (χ2v) is 6.93. The van der Waals surface area contributed by atoms with Crippen LogP contribution >= 0.6 is 11.6 Å². The molecular formula is C20H25ClN2O2. The number of carbonyl (C=O) groups is 1. The number of likely N-dealkylation sites (tertiary alicyclic amines) is 1. The van der Waals surface area contributed by atoms with Crippen molar-refractivity contribution in [3.63, 3.8) is 0 Å². The number of rotatable bonds is 7. The summed E-state index contributed by atoms with van der Waals surface area (Å²) in [4.78, 5) is 14.7. The molecule has 1 aliphatic heterocycles. The second kappa shape index (κ2) is 9.07. The lowest BCUT2D eigenvalue weighted by Crippen LogP contribution is -2.40. The molecule has 4 nitrogen and oxygen atoms in total. The molecule has 25 heavy (non-hydrogen) atoms. The highest BCUT2D eigenvalue weighted by molar-refractivity contribution is 6.31. The van der Waals surface area contributed by atoms with Gasteiger partial charge in [0.2, 0.25) is 5.91 Å². The lowest BCUT2D eigenvalue weighted by Gasteiger charge is -2.33. The molecule has 1 atom stereocenters. The summed E-state index contributed by atoms with van der Waals surface area (Å²) in [6, 6.07) is 11.7. The number of benzene rings is 1. The van der Waals surface area contributed by atoms with Crippen LogP contribution in [-0.2, 0) is 11.2 Å². The lowest BCUT2D eigenvalue weighted by atomic mass is 10.1. The minimum Gasteiger partial charge on any atom is -0.468 e. The Balaban J connectivity index is 1.53. The number of furan rings is 1. The van der Waals surface area contributed by atoms with E-state index in [4.69, 9.17) is 16.0 Å². The molecule has 1 aromatic carbocycles. The van der Waals surface area contributed by atoms with Crippen LogP contribution in [0.15, 0.2) is 47.1 Å². The summed E-state index contributed by atoms with van der Waals surface area (Å²) in [5.41, 5.74) is 1.01. The first-order valence-corrected chi connectivity index (χ1v) is 9.39. The van der Waals surface area contributed by atoms with Crippen molar-refractivity contribution in [3.8, 4) is 0 Å². The van der Waals surface area contributed by atoms with Crippen molar-refractivity contribution >= 4 is 17.5 Å². The van der Waals surface area contributed by atoms with E-state index in [1.807, 2.05) is 36.4 Å². The highest BCUT2D eigenvalue weighted by Crippen LogP contribution is 2.24. The maximum Gasteiger partial charge on any atom is 0.220 e. The summed E-state index contributed by atoms with van der Waals surface area (Å²) >= 11 is 6.15. The van der Waals surface area contributed by atoms with E-state index in [2.05, 4.69) is 10.2 Å². The van der Waals surface area contributed by atoms with Crippen LogP contribution in [0.25, 0.3) is 0 Å². The molecule has 1 aliphatic rings. The predicted octanol–water partition coefficient (Wildman–Crippen LogP) is 4.21. The van der Waals surface area contributed by atoms with Crippen molar-refractivity contribution in [2.75, 3.05) is 19.6 Å². The van der Waals surface area contributed by atoms with Crippen molar-refractivity contribution in [1.29, 1.82) is 0 Å². The second-order valence-electron chi connectivity index (χ2n) is 6.52. The van der Waals surface area contributed by atoms with Crippen LogP contribution in [0.3, 0.4) is 0 Å². The van der Waals surface area contributed by atoms with Gasteiger partial charge in [0, 0.05) is 18.0 Å². The van der Waals surface area contributed by atoms with Crippen molar-refractivity contribution in [2.45, 2.75) is 38.1 Å². The Morgan fingerprint density at radius 3 is 2.68 bits per heavy atom. The molecule has 1 unspecified atom stereocenters. The third-order valence-corrected chi connectivity index (χ3v) is 5.14. The highest BCUT2D eigenvalue weighted by atomic mass is 35.5. The molecule has 5 heteroatoms. The molecule has 1 fully saturated rings. The number of nitrogens with zero attached hydrogens (tertiary/aromatic N) is 1. The molecule has 1 N–H and O–H groups in total. The summed E-state index contributed by atoms with van der Waals surface area (Å²) in [5, 5.41) is 3.79. The van der Waals surface area contributed by atoms with Crippen LogP contribution in [0.4, 0.5) is 0 Å². The summed E-state index contributed by atoms with van der Waals surface area (Å²) in [7, 11) is 0. The predicted molar refractivity (Wildman–Crippen MR) is 99.7 cm³/mol. The number of carbonyl (C=O) groups excluding carboxylic acids is 1. The van der Waals surface area contributed by atoms with Gasteiger partial charge in [-0.1, -0.05) is 36.2 Å². The topological polar surface area (TPSA) is 45.5 Å². The van der Waals surface area contributed by atoms with Gasteiger partial charge in [-0.15, -0.1) is 0 Å². The first-order valence-electron chi connectivity index (χ1n) is 9.01. The Kier molecular flexibility index (Phi) is 6.54. The zero-order chi connectivity index (χ0) is 17.5. The van der Waals surface area contributed by atoms with Crippen LogP contribution in [0, 0.1) is 0 Å². The number of aryl methyl sites for hydroxylation is 1. The Morgan fingerprint density at radius 2 is 1.96 bits per heavy atom. The van der Waals surface area contributed by atoms with Gasteiger partial charge in [0.05, 0.1) is 12.3 Å². The van der Waals surface area contributed by atoms with E-state index in [-0.39, 0.29) is 11.9 Å². The van der Waals surface area contributed by atoms with Crippen molar-refractivity contribution in [3.05, 3.63) is 59.0 Å². The molecule has 1 aromatic heterocycles. The molecule has 3 rings (SSSR count). The number of hydrogen-bond acceptors (Lipinski definition) is 3. The summed E-state index contributed by atoms with van der Waals surface area (Å²) in [6.07, 6.45) is 6.49. The summed E-state index contributed by atoms with van der Waals surface area (Å²) in [6.45, 7) is 2.69. The third-order valence-electron chi connectivity index (χ3n) is 4.77. The number of nitrogens with one attached hydrogen (secondary N) is 1. The van der Waals surface area contributed by atoms with Crippen LogP contribution < -0.4 is 5.32 Å². The Bertz CT molecular complexity index is 666. The van der Waals surface area contributed by atoms with Gasteiger partial charge in [-0.3, -0.25) is 9.69 Å². The smallest absolute Gasteiger partial charge is 0.220 e. The Hall–Kier alpha value is -1.78. The van der Waals surface area contributed by atoms with E-state index < -0.39 is 0 Å². The van der Waals surface area contributed by atoms with Gasteiger partial charge in [-0.05, 0) is 56.1 Å². The molecule has 134 valence electrons. The van der Waals surface area contributed by atoms with Crippen LogP contribution in [-0.4, -0.2) is 30.4 Å². The summed E-state index contributed by atoms with van der Waals surface area (Å²) < 4.78 is 5.62. The standard InChI is InChI=1S/C20H25ClN2O2/c21-17-8-3-2-7-16(17)10-11-20(24)22-15-18(19-9-6-14-25-19)23-12-4-1-5-13-23/h2-3,6-9,14,18H,1,4-5,10-13,15H2,(H,22,24). The molecular weight excluding hydrogens is 336 g/mol. The molecule has 2 heterocycles. The van der Waals surface area contributed by atoms with Gasteiger partial charge in [0.15, 0.2) is 0 Å². The SMILES string of the molecule is O=C(CCc1ccccc1Cl)NCC(c1ccco1)N1CCCCC1. The van der Waals surface area contributed by atoms with Gasteiger partial charge in [-0.25, -0.2) is 0 Å². The molecule has 0 radical (unpaired) electrons. The van der Waals surface area contributed by atoms with Crippen LogP contribution in [0.2, 0.25) is 5.02 Å². The fourth-order valence-corrected chi connectivity index (χ4v) is 3.60.